The first-order valence-corrected chi connectivity index (χ1v) is 14.5. The van der Waals surface area contributed by atoms with Crippen LogP contribution < -0.4 is 10.2 Å². The van der Waals surface area contributed by atoms with E-state index in [-0.39, 0.29) is 24.1 Å². The van der Waals surface area contributed by atoms with Crippen molar-refractivity contribution in [3.8, 4) is 0 Å². The lowest BCUT2D eigenvalue weighted by Gasteiger charge is -2.37. The molecule has 2 aromatic carbocycles. The molecule has 2 saturated heterocycles. The molecule has 4 aliphatic heterocycles. The number of thioether (sulfide) groups is 1. The van der Waals surface area contributed by atoms with Crippen molar-refractivity contribution in [3.63, 3.8) is 0 Å². The summed E-state index contributed by atoms with van der Waals surface area (Å²) < 4.78 is 0. The summed E-state index contributed by atoms with van der Waals surface area (Å²) in [6.07, 6.45) is 5.02. The fraction of sp³-hybridized carbons (Fsp3) is 0.483. The SMILES string of the molecule is O=C1CCC(N2Cc3c(CCCCN4CCN(c5cccc6c5SCC6)CC4)cccc3C2=O)C(=O)N1. The molecule has 0 aliphatic carbocycles. The van der Waals surface area contributed by atoms with Crippen LogP contribution in [0.5, 0.6) is 0 Å². The minimum absolute atomic E-state index is 0.0910. The summed E-state index contributed by atoms with van der Waals surface area (Å²) in [7, 11) is 0. The monoisotopic (exact) mass is 518 g/mol. The first-order valence-electron chi connectivity index (χ1n) is 13.6. The van der Waals surface area contributed by atoms with Gasteiger partial charge in [0.05, 0.1) is 5.69 Å². The second-order valence-electron chi connectivity index (χ2n) is 10.5. The van der Waals surface area contributed by atoms with E-state index < -0.39 is 6.04 Å². The van der Waals surface area contributed by atoms with Gasteiger partial charge in [0.2, 0.25) is 11.8 Å². The fourth-order valence-electron chi connectivity index (χ4n) is 6.19. The van der Waals surface area contributed by atoms with Gasteiger partial charge in [0.25, 0.3) is 5.91 Å². The molecule has 6 rings (SSSR count). The minimum Gasteiger partial charge on any atom is -0.368 e. The van der Waals surface area contributed by atoms with Crippen LogP contribution >= 0.6 is 11.8 Å². The van der Waals surface area contributed by atoms with Crippen LogP contribution in [0.4, 0.5) is 5.69 Å². The lowest BCUT2D eigenvalue weighted by atomic mass is 9.98. The maximum atomic E-state index is 13.1. The molecule has 0 aromatic heterocycles. The van der Waals surface area contributed by atoms with E-state index in [4.69, 9.17) is 0 Å². The Kier molecular flexibility index (Phi) is 6.95. The van der Waals surface area contributed by atoms with Gasteiger partial charge >= 0.3 is 0 Å². The van der Waals surface area contributed by atoms with E-state index in [1.54, 1.807) is 4.90 Å². The average molecular weight is 519 g/mol. The number of benzene rings is 2. The van der Waals surface area contributed by atoms with Crippen molar-refractivity contribution in [2.45, 2.75) is 56.0 Å². The van der Waals surface area contributed by atoms with Gasteiger partial charge in [0.15, 0.2) is 0 Å². The smallest absolute Gasteiger partial charge is 0.255 e. The highest BCUT2D eigenvalue weighted by molar-refractivity contribution is 7.99. The highest BCUT2D eigenvalue weighted by Crippen LogP contribution is 2.39. The maximum Gasteiger partial charge on any atom is 0.255 e. The van der Waals surface area contributed by atoms with Gasteiger partial charge in [-0.25, -0.2) is 0 Å². The number of carbonyl (C=O) groups excluding carboxylic acids is 3. The van der Waals surface area contributed by atoms with Crippen LogP contribution in [-0.2, 0) is 29.0 Å². The third kappa shape index (κ3) is 4.89. The summed E-state index contributed by atoms with van der Waals surface area (Å²) in [4.78, 5) is 45.2. The number of piperidine rings is 1. The molecule has 2 fully saturated rings. The van der Waals surface area contributed by atoms with Gasteiger partial charge in [-0.05, 0) is 67.5 Å². The van der Waals surface area contributed by atoms with Crippen molar-refractivity contribution in [2.75, 3.05) is 43.4 Å². The summed E-state index contributed by atoms with van der Waals surface area (Å²) in [6.45, 7) is 5.93. The topological polar surface area (TPSA) is 73.0 Å². The van der Waals surface area contributed by atoms with Crippen LogP contribution in [0.25, 0.3) is 0 Å². The Morgan fingerprint density at radius 1 is 0.946 bits per heavy atom. The third-order valence-electron chi connectivity index (χ3n) is 8.26. The van der Waals surface area contributed by atoms with E-state index in [2.05, 4.69) is 39.4 Å². The van der Waals surface area contributed by atoms with E-state index >= 15 is 0 Å². The molecule has 37 heavy (non-hydrogen) atoms. The molecule has 7 nitrogen and oxygen atoms in total. The van der Waals surface area contributed by atoms with Gasteiger partial charge in [-0.15, -0.1) is 11.8 Å². The summed E-state index contributed by atoms with van der Waals surface area (Å²) in [5, 5.41) is 2.38. The van der Waals surface area contributed by atoms with Gasteiger partial charge in [-0.2, -0.15) is 0 Å². The fourth-order valence-corrected chi connectivity index (χ4v) is 7.42. The van der Waals surface area contributed by atoms with Crippen LogP contribution in [0.2, 0.25) is 0 Å². The minimum atomic E-state index is -0.556. The predicted octanol–water partition coefficient (Wildman–Crippen LogP) is 3.24. The van der Waals surface area contributed by atoms with Gasteiger partial charge < -0.3 is 9.80 Å². The predicted molar refractivity (Wildman–Crippen MR) is 145 cm³/mol. The van der Waals surface area contributed by atoms with E-state index in [0.717, 1.165) is 57.5 Å². The summed E-state index contributed by atoms with van der Waals surface area (Å²) in [6, 6.07) is 12.2. The van der Waals surface area contributed by atoms with Crippen LogP contribution in [0, 0.1) is 0 Å². The summed E-state index contributed by atoms with van der Waals surface area (Å²) in [5.74, 6) is 0.510. The molecule has 0 bridgehead atoms. The normalized spacial score (nSPS) is 21.8. The van der Waals surface area contributed by atoms with Gasteiger partial charge in [-0.3, -0.25) is 24.6 Å². The molecule has 1 N–H and O–H groups in total. The van der Waals surface area contributed by atoms with Crippen molar-refractivity contribution in [2.24, 2.45) is 0 Å². The Morgan fingerprint density at radius 3 is 2.62 bits per heavy atom. The van der Waals surface area contributed by atoms with Gasteiger partial charge in [0.1, 0.15) is 6.04 Å². The van der Waals surface area contributed by atoms with Crippen molar-refractivity contribution >= 4 is 35.2 Å². The Balaban J connectivity index is 0.994. The zero-order valence-corrected chi connectivity index (χ0v) is 22.0. The van der Waals surface area contributed by atoms with Gasteiger partial charge in [0, 0.05) is 55.4 Å². The van der Waals surface area contributed by atoms with Crippen LogP contribution in [0.3, 0.4) is 0 Å². The number of fused-ring (bicyclic) bond motifs is 2. The molecule has 194 valence electrons. The zero-order chi connectivity index (χ0) is 25.4. The lowest BCUT2D eigenvalue weighted by Crippen LogP contribution is -2.52. The first-order chi connectivity index (χ1) is 18.1. The van der Waals surface area contributed by atoms with Crippen molar-refractivity contribution in [1.82, 2.24) is 15.1 Å². The lowest BCUT2D eigenvalue weighted by molar-refractivity contribution is -0.136. The van der Waals surface area contributed by atoms with Crippen molar-refractivity contribution < 1.29 is 14.4 Å². The van der Waals surface area contributed by atoms with Crippen molar-refractivity contribution in [1.29, 1.82) is 0 Å². The van der Waals surface area contributed by atoms with E-state index in [1.807, 2.05) is 23.9 Å². The molecular weight excluding hydrogens is 484 g/mol. The average Bonchev–Trinajstić information content (AvgIpc) is 3.52. The molecule has 1 unspecified atom stereocenters. The number of anilines is 1. The molecule has 0 saturated carbocycles. The largest absolute Gasteiger partial charge is 0.368 e. The molecule has 4 heterocycles. The number of hydrogen-bond acceptors (Lipinski definition) is 6. The second-order valence-corrected chi connectivity index (χ2v) is 11.6. The van der Waals surface area contributed by atoms with Crippen molar-refractivity contribution in [3.05, 3.63) is 58.7 Å². The van der Waals surface area contributed by atoms with E-state index in [0.29, 0.717) is 18.5 Å². The molecule has 0 spiro atoms. The Hall–Kier alpha value is -2.84. The van der Waals surface area contributed by atoms with Crippen LogP contribution in [0.1, 0.15) is 52.7 Å². The number of nitrogens with one attached hydrogen (secondary N) is 1. The first kappa shape index (κ1) is 24.5. The zero-order valence-electron chi connectivity index (χ0n) is 21.2. The molecule has 0 radical (unpaired) electrons. The number of carbonyl (C=O) groups is 3. The molecule has 2 aromatic rings. The van der Waals surface area contributed by atoms with Crippen LogP contribution in [0.15, 0.2) is 41.3 Å². The Labute approximate surface area is 222 Å². The standard InChI is InChI=1S/C29H34N4O3S/c34-26-11-10-25(28(35)30-26)33-19-23-20(6-3-8-22(23)29(33)36)5-1-2-13-31-14-16-32(17-15-31)24-9-4-7-21-12-18-37-27(21)24/h3-4,6-9,25H,1-2,5,10-19H2,(H,30,34,35). The number of rotatable bonds is 7. The molecule has 3 amide bonds. The molecule has 4 aliphatic rings. The molecular formula is C29H34N4O3S. The van der Waals surface area contributed by atoms with Crippen LogP contribution in [-0.4, -0.2) is 72.0 Å². The number of aryl methyl sites for hydroxylation is 2. The van der Waals surface area contributed by atoms with E-state index in [9.17, 15) is 14.4 Å². The highest BCUT2D eigenvalue weighted by atomic mass is 32.2. The number of hydrogen-bond donors (Lipinski definition) is 1. The summed E-state index contributed by atoms with van der Waals surface area (Å²) in [5.41, 5.74) is 5.92. The van der Waals surface area contributed by atoms with E-state index in [1.165, 1.54) is 33.9 Å². The van der Waals surface area contributed by atoms with Gasteiger partial charge in [-0.1, -0.05) is 24.3 Å². The number of nitrogens with zero attached hydrogens (tertiary/aromatic N) is 3. The second kappa shape index (κ2) is 10.5. The molecule has 8 heteroatoms. The molecule has 1 atom stereocenters. The third-order valence-corrected chi connectivity index (χ3v) is 9.42. The quantitative estimate of drug-likeness (QED) is 0.448. The number of piperazine rings is 1. The highest BCUT2D eigenvalue weighted by Gasteiger charge is 2.39. The number of imide groups is 1. The maximum absolute atomic E-state index is 13.1. The Bertz CT molecular complexity index is 1220. The summed E-state index contributed by atoms with van der Waals surface area (Å²) >= 11 is 2.01. The number of unbranched alkanes of at least 4 members (excludes halogenated alkanes) is 1. The Morgan fingerprint density at radius 2 is 1.78 bits per heavy atom. The number of amides is 3.